The van der Waals surface area contributed by atoms with E-state index in [1.165, 1.54) is 5.56 Å². The third-order valence-corrected chi connectivity index (χ3v) is 3.31. The fraction of sp³-hybridized carbons (Fsp3) is 0.600. The average Bonchev–Trinajstić information content (AvgIpc) is 2.91. The molecule has 1 heterocycles. The van der Waals surface area contributed by atoms with Gasteiger partial charge in [0, 0.05) is 18.8 Å². The Morgan fingerprint density at radius 1 is 1.47 bits per heavy atom. The first-order valence-electron chi connectivity index (χ1n) is 6.92. The van der Waals surface area contributed by atoms with Gasteiger partial charge in [-0.05, 0) is 31.4 Å². The van der Waals surface area contributed by atoms with Crippen LogP contribution in [0.4, 0.5) is 5.69 Å². The summed E-state index contributed by atoms with van der Waals surface area (Å²) in [4.78, 5) is 0. The number of anilines is 1. The van der Waals surface area contributed by atoms with Crippen molar-refractivity contribution < 1.29 is 14.6 Å². The molecule has 2 rings (SSSR count). The Morgan fingerprint density at radius 2 is 2.32 bits per heavy atom. The normalized spacial score (nSPS) is 20.4. The van der Waals surface area contributed by atoms with E-state index in [1.54, 1.807) is 0 Å². The topological polar surface area (TPSA) is 50.7 Å². The van der Waals surface area contributed by atoms with Crippen molar-refractivity contribution in [2.75, 3.05) is 31.7 Å². The summed E-state index contributed by atoms with van der Waals surface area (Å²) < 4.78 is 10.9. The van der Waals surface area contributed by atoms with Gasteiger partial charge in [0.1, 0.15) is 0 Å². The molecule has 106 valence electrons. The number of hydrogen-bond acceptors (Lipinski definition) is 4. The third kappa shape index (κ3) is 4.82. The van der Waals surface area contributed by atoms with Crippen LogP contribution < -0.4 is 5.32 Å². The number of hydrogen-bond donors (Lipinski definition) is 2. The number of aliphatic hydroxyl groups is 1. The Hall–Kier alpha value is -1.10. The lowest BCUT2D eigenvalue weighted by molar-refractivity contribution is -0.0137. The van der Waals surface area contributed by atoms with Crippen molar-refractivity contribution >= 4 is 5.69 Å². The molecule has 4 nitrogen and oxygen atoms in total. The molecule has 0 spiro atoms. The number of benzene rings is 1. The predicted molar refractivity (Wildman–Crippen MR) is 75.5 cm³/mol. The molecule has 1 aromatic rings. The second kappa shape index (κ2) is 7.48. The number of aryl methyl sites for hydroxylation is 1. The van der Waals surface area contributed by atoms with Crippen molar-refractivity contribution in [3.05, 3.63) is 29.8 Å². The molecule has 1 aliphatic rings. The summed E-state index contributed by atoms with van der Waals surface area (Å²) >= 11 is 0. The molecule has 1 fully saturated rings. The number of ether oxygens (including phenoxy) is 2. The van der Waals surface area contributed by atoms with Gasteiger partial charge >= 0.3 is 0 Å². The first-order valence-corrected chi connectivity index (χ1v) is 6.92. The van der Waals surface area contributed by atoms with E-state index < -0.39 is 6.10 Å². The maximum absolute atomic E-state index is 9.85. The number of aliphatic hydroxyl groups excluding tert-OH is 1. The van der Waals surface area contributed by atoms with E-state index in [0.29, 0.717) is 19.8 Å². The summed E-state index contributed by atoms with van der Waals surface area (Å²) in [5.41, 5.74) is 2.23. The van der Waals surface area contributed by atoms with Crippen LogP contribution in [0.2, 0.25) is 0 Å². The van der Waals surface area contributed by atoms with Crippen molar-refractivity contribution in [2.24, 2.45) is 0 Å². The first-order chi connectivity index (χ1) is 9.25. The van der Waals surface area contributed by atoms with Crippen LogP contribution in [0, 0.1) is 6.92 Å². The molecule has 0 aliphatic carbocycles. The Morgan fingerprint density at radius 3 is 3.05 bits per heavy atom. The zero-order chi connectivity index (χ0) is 13.5. The lowest BCUT2D eigenvalue weighted by Crippen LogP contribution is -2.27. The molecule has 0 amide bonds. The summed E-state index contributed by atoms with van der Waals surface area (Å²) in [6.07, 6.45) is 1.90. The summed E-state index contributed by atoms with van der Waals surface area (Å²) in [6.45, 7) is 4.31. The fourth-order valence-corrected chi connectivity index (χ4v) is 2.17. The molecular formula is C15H23NO3. The van der Waals surface area contributed by atoms with E-state index in [2.05, 4.69) is 5.32 Å². The Kier molecular flexibility index (Phi) is 5.63. The van der Waals surface area contributed by atoms with Crippen LogP contribution in [0.5, 0.6) is 0 Å². The first kappa shape index (κ1) is 14.3. The molecule has 0 saturated carbocycles. The Balaban J connectivity index is 1.61. The maximum Gasteiger partial charge on any atom is 0.0945 e. The number of rotatable bonds is 7. The summed E-state index contributed by atoms with van der Waals surface area (Å²) in [6, 6.07) is 8.04. The minimum absolute atomic E-state index is 0.219. The molecule has 2 N–H and O–H groups in total. The quantitative estimate of drug-likeness (QED) is 0.791. The molecule has 0 radical (unpaired) electrons. The van der Waals surface area contributed by atoms with Gasteiger partial charge in [0.25, 0.3) is 0 Å². The predicted octanol–water partition coefficient (Wildman–Crippen LogP) is 1.96. The van der Waals surface area contributed by atoms with E-state index in [0.717, 1.165) is 25.1 Å². The Bertz CT molecular complexity index is 377. The van der Waals surface area contributed by atoms with Gasteiger partial charge in [-0.2, -0.15) is 0 Å². The third-order valence-electron chi connectivity index (χ3n) is 3.31. The van der Waals surface area contributed by atoms with Gasteiger partial charge < -0.3 is 19.9 Å². The zero-order valence-electron chi connectivity index (χ0n) is 11.5. The van der Waals surface area contributed by atoms with Crippen LogP contribution >= 0.6 is 0 Å². The van der Waals surface area contributed by atoms with Gasteiger partial charge in [-0.3, -0.25) is 0 Å². The molecule has 4 heteroatoms. The van der Waals surface area contributed by atoms with E-state index in [9.17, 15) is 5.11 Å². The van der Waals surface area contributed by atoms with Crippen molar-refractivity contribution in [3.63, 3.8) is 0 Å². The second-order valence-electron chi connectivity index (χ2n) is 5.02. The largest absolute Gasteiger partial charge is 0.389 e. The van der Waals surface area contributed by atoms with Crippen LogP contribution in [0.1, 0.15) is 18.4 Å². The van der Waals surface area contributed by atoms with Crippen LogP contribution in [0.3, 0.4) is 0 Å². The van der Waals surface area contributed by atoms with Gasteiger partial charge in [-0.1, -0.05) is 18.2 Å². The van der Waals surface area contributed by atoms with E-state index >= 15 is 0 Å². The van der Waals surface area contributed by atoms with E-state index in [-0.39, 0.29) is 6.10 Å². The summed E-state index contributed by atoms with van der Waals surface area (Å²) in [7, 11) is 0. The van der Waals surface area contributed by atoms with E-state index in [1.807, 2.05) is 31.2 Å². The summed E-state index contributed by atoms with van der Waals surface area (Å²) in [5.74, 6) is 0. The maximum atomic E-state index is 9.85. The van der Waals surface area contributed by atoms with Crippen molar-refractivity contribution in [2.45, 2.75) is 32.0 Å². The van der Waals surface area contributed by atoms with E-state index in [4.69, 9.17) is 9.47 Å². The lowest BCUT2D eigenvalue weighted by Gasteiger charge is -2.16. The second-order valence-corrected chi connectivity index (χ2v) is 5.02. The lowest BCUT2D eigenvalue weighted by atomic mass is 10.2. The Labute approximate surface area is 114 Å². The molecule has 1 aliphatic heterocycles. The van der Waals surface area contributed by atoms with Gasteiger partial charge in [0.05, 0.1) is 25.4 Å². The fourth-order valence-electron chi connectivity index (χ4n) is 2.17. The van der Waals surface area contributed by atoms with Crippen molar-refractivity contribution in [1.82, 2.24) is 0 Å². The van der Waals surface area contributed by atoms with Gasteiger partial charge in [0.15, 0.2) is 0 Å². The highest BCUT2D eigenvalue weighted by atomic mass is 16.5. The highest BCUT2D eigenvalue weighted by Gasteiger charge is 2.16. The molecule has 1 saturated heterocycles. The van der Waals surface area contributed by atoms with Crippen molar-refractivity contribution in [3.8, 4) is 0 Å². The van der Waals surface area contributed by atoms with Gasteiger partial charge in [-0.25, -0.2) is 0 Å². The standard InChI is InChI=1S/C15H23NO3/c1-12-5-2-3-7-15(12)16-9-13(17)10-18-11-14-6-4-8-19-14/h2-3,5,7,13-14,16-17H,4,6,8-11H2,1H3. The minimum Gasteiger partial charge on any atom is -0.389 e. The summed E-state index contributed by atoms with van der Waals surface area (Å²) in [5, 5.41) is 13.1. The van der Waals surface area contributed by atoms with Gasteiger partial charge in [0.2, 0.25) is 0 Å². The monoisotopic (exact) mass is 265 g/mol. The number of nitrogens with one attached hydrogen (secondary N) is 1. The molecule has 2 unspecified atom stereocenters. The average molecular weight is 265 g/mol. The molecule has 0 aromatic heterocycles. The van der Waals surface area contributed by atoms with Crippen LogP contribution in [0.15, 0.2) is 24.3 Å². The highest BCUT2D eigenvalue weighted by molar-refractivity contribution is 5.50. The van der Waals surface area contributed by atoms with Crippen LogP contribution in [-0.4, -0.2) is 43.7 Å². The molecular weight excluding hydrogens is 242 g/mol. The van der Waals surface area contributed by atoms with Gasteiger partial charge in [-0.15, -0.1) is 0 Å². The molecule has 2 atom stereocenters. The van der Waals surface area contributed by atoms with Crippen molar-refractivity contribution in [1.29, 1.82) is 0 Å². The molecule has 0 bridgehead atoms. The number of para-hydroxylation sites is 1. The smallest absolute Gasteiger partial charge is 0.0945 e. The minimum atomic E-state index is -0.499. The molecule has 19 heavy (non-hydrogen) atoms. The SMILES string of the molecule is Cc1ccccc1NCC(O)COCC1CCCO1. The molecule has 1 aromatic carbocycles. The van der Waals surface area contributed by atoms with Crippen LogP contribution in [0.25, 0.3) is 0 Å². The van der Waals surface area contributed by atoms with Crippen LogP contribution in [-0.2, 0) is 9.47 Å². The highest BCUT2D eigenvalue weighted by Crippen LogP contribution is 2.13. The zero-order valence-corrected chi connectivity index (χ0v) is 11.5.